The van der Waals surface area contributed by atoms with Crippen LogP contribution in [0.4, 0.5) is 11.4 Å². The minimum absolute atomic E-state index is 0.00770. The van der Waals surface area contributed by atoms with Gasteiger partial charge in [-0.3, -0.25) is 30.3 Å². The SMILES string of the molecule is [B]c1cc(NC(=O)C(O)C2OCCN(C(=N)/C=C\Nc3ccnc(OC)c3)C2=O)cnc1C(=N)N. The smallest absolute Gasteiger partial charge is 0.260 e. The Balaban J connectivity index is 1.61. The predicted octanol–water partition coefficient (Wildman–Crippen LogP) is -1.31. The van der Waals surface area contributed by atoms with Crippen molar-refractivity contribution in [3.05, 3.63) is 48.6 Å². The van der Waals surface area contributed by atoms with Gasteiger partial charge in [-0.15, -0.1) is 0 Å². The highest BCUT2D eigenvalue weighted by atomic mass is 16.5. The van der Waals surface area contributed by atoms with Crippen molar-refractivity contribution in [3.63, 3.8) is 0 Å². The van der Waals surface area contributed by atoms with E-state index in [9.17, 15) is 14.7 Å². The lowest BCUT2D eigenvalue weighted by Gasteiger charge is -2.33. The standard InChI is InChI=1S/C21H23BN8O5/c1-34-15-9-11(2-4-27-15)26-5-3-14(23)30-6-7-35-18(21(30)33)17(31)20(32)29-12-8-13(22)16(19(24)25)28-10-12/h2-5,8-10,17-18,23,31H,6-7H2,1H3,(H3,24,25)(H,26,27)(H,29,32)/b5-3-,23-14?. The number of nitrogens with zero attached hydrogens (tertiary/aromatic N) is 3. The highest BCUT2D eigenvalue weighted by Gasteiger charge is 2.39. The van der Waals surface area contributed by atoms with Crippen LogP contribution >= 0.6 is 0 Å². The second-order valence-electron chi connectivity index (χ2n) is 7.24. The summed E-state index contributed by atoms with van der Waals surface area (Å²) in [5.74, 6) is -1.78. The van der Waals surface area contributed by atoms with Crippen molar-refractivity contribution in [2.75, 3.05) is 30.9 Å². The number of nitrogens with one attached hydrogen (secondary N) is 4. The zero-order valence-corrected chi connectivity index (χ0v) is 18.7. The summed E-state index contributed by atoms with van der Waals surface area (Å²) in [5.41, 5.74) is 6.25. The average molecular weight is 478 g/mol. The molecule has 2 aromatic rings. The van der Waals surface area contributed by atoms with Gasteiger partial charge in [-0.05, 0) is 18.2 Å². The average Bonchev–Trinajstić information content (AvgIpc) is 2.83. The van der Waals surface area contributed by atoms with Gasteiger partial charge in [0.05, 0.1) is 37.8 Å². The number of rotatable bonds is 8. The number of ether oxygens (including phenoxy) is 2. The Morgan fingerprint density at radius 1 is 1.40 bits per heavy atom. The number of hydrogen-bond acceptors (Lipinski definition) is 10. The highest BCUT2D eigenvalue weighted by molar-refractivity contribution is 6.36. The molecule has 0 spiro atoms. The van der Waals surface area contributed by atoms with Crippen LogP contribution in [-0.4, -0.2) is 83.8 Å². The molecule has 1 saturated heterocycles. The molecule has 0 saturated carbocycles. The maximum absolute atomic E-state index is 12.8. The summed E-state index contributed by atoms with van der Waals surface area (Å²) >= 11 is 0. The van der Waals surface area contributed by atoms with E-state index in [-0.39, 0.29) is 41.7 Å². The maximum atomic E-state index is 12.8. The number of aliphatic hydroxyl groups is 1. The summed E-state index contributed by atoms with van der Waals surface area (Å²) in [5, 5.41) is 31.4. The summed E-state index contributed by atoms with van der Waals surface area (Å²) in [6.07, 6.45) is 2.18. The number of aromatic nitrogens is 2. The van der Waals surface area contributed by atoms with Crippen LogP contribution in [0.1, 0.15) is 5.69 Å². The summed E-state index contributed by atoms with van der Waals surface area (Å²) in [7, 11) is 7.24. The molecule has 2 radical (unpaired) electrons. The van der Waals surface area contributed by atoms with E-state index in [1.165, 1.54) is 31.6 Å². The molecule has 0 aliphatic carbocycles. The third-order valence-electron chi connectivity index (χ3n) is 4.84. The van der Waals surface area contributed by atoms with E-state index in [0.29, 0.717) is 11.6 Å². The molecule has 35 heavy (non-hydrogen) atoms. The van der Waals surface area contributed by atoms with Crippen LogP contribution in [0.2, 0.25) is 0 Å². The molecule has 2 unspecified atom stereocenters. The fourth-order valence-corrected chi connectivity index (χ4v) is 3.12. The Kier molecular flexibility index (Phi) is 8.12. The molecular weight excluding hydrogens is 455 g/mol. The number of nitrogen functional groups attached to an aromatic ring is 1. The number of pyridine rings is 2. The minimum atomic E-state index is -1.86. The first-order valence-electron chi connectivity index (χ1n) is 10.2. The van der Waals surface area contributed by atoms with Gasteiger partial charge in [0.2, 0.25) is 5.88 Å². The second kappa shape index (κ2) is 11.2. The van der Waals surface area contributed by atoms with Crippen LogP contribution in [0.15, 0.2) is 42.9 Å². The zero-order valence-electron chi connectivity index (χ0n) is 18.7. The molecule has 0 bridgehead atoms. The third-order valence-corrected chi connectivity index (χ3v) is 4.84. The number of anilines is 2. The van der Waals surface area contributed by atoms with Crippen LogP contribution < -0.4 is 26.6 Å². The number of aliphatic hydroxyl groups excluding tert-OH is 1. The molecule has 3 heterocycles. The van der Waals surface area contributed by atoms with E-state index in [2.05, 4.69) is 20.6 Å². The number of carbonyl (C=O) groups is 2. The number of amidine groups is 2. The molecule has 14 heteroatoms. The fraction of sp³-hybridized carbons (Fsp3) is 0.238. The van der Waals surface area contributed by atoms with Gasteiger partial charge in [0.15, 0.2) is 12.2 Å². The molecule has 1 fully saturated rings. The number of methoxy groups -OCH3 is 1. The summed E-state index contributed by atoms with van der Waals surface area (Å²) < 4.78 is 10.4. The summed E-state index contributed by atoms with van der Waals surface area (Å²) in [6, 6.07) is 4.66. The normalized spacial score (nSPS) is 16.6. The van der Waals surface area contributed by atoms with Crippen molar-refractivity contribution < 1.29 is 24.2 Å². The molecule has 1 aliphatic heterocycles. The summed E-state index contributed by atoms with van der Waals surface area (Å²) in [6.45, 7) is 0.0800. The number of morpholine rings is 1. The van der Waals surface area contributed by atoms with E-state index in [0.717, 1.165) is 4.90 Å². The van der Waals surface area contributed by atoms with E-state index < -0.39 is 24.0 Å². The van der Waals surface area contributed by atoms with Gasteiger partial charge in [0, 0.05) is 24.2 Å². The van der Waals surface area contributed by atoms with Crippen molar-refractivity contribution in [2.24, 2.45) is 5.73 Å². The Labute approximate surface area is 201 Å². The van der Waals surface area contributed by atoms with Gasteiger partial charge >= 0.3 is 0 Å². The minimum Gasteiger partial charge on any atom is -0.481 e. The lowest BCUT2D eigenvalue weighted by Crippen LogP contribution is -2.56. The number of amides is 2. The third kappa shape index (κ3) is 6.19. The van der Waals surface area contributed by atoms with Crippen molar-refractivity contribution in [1.82, 2.24) is 14.9 Å². The lowest BCUT2D eigenvalue weighted by atomic mass is 9.93. The molecule has 0 aromatic carbocycles. The molecule has 180 valence electrons. The van der Waals surface area contributed by atoms with Crippen LogP contribution in [-0.2, 0) is 14.3 Å². The zero-order chi connectivity index (χ0) is 25.5. The maximum Gasteiger partial charge on any atom is 0.260 e. The quantitative estimate of drug-likeness (QED) is 0.151. The molecule has 3 rings (SSSR count). The number of carbonyl (C=O) groups excluding carboxylic acids is 2. The van der Waals surface area contributed by atoms with Gasteiger partial charge in [0.25, 0.3) is 11.8 Å². The second-order valence-corrected chi connectivity index (χ2v) is 7.24. The fourth-order valence-electron chi connectivity index (χ4n) is 3.12. The van der Waals surface area contributed by atoms with Crippen molar-refractivity contribution in [1.29, 1.82) is 10.8 Å². The highest BCUT2D eigenvalue weighted by Crippen LogP contribution is 2.15. The van der Waals surface area contributed by atoms with Crippen LogP contribution in [0.5, 0.6) is 5.88 Å². The predicted molar refractivity (Wildman–Crippen MR) is 128 cm³/mol. The van der Waals surface area contributed by atoms with E-state index in [1.807, 2.05) is 0 Å². The van der Waals surface area contributed by atoms with Gasteiger partial charge in [0.1, 0.15) is 19.5 Å². The van der Waals surface area contributed by atoms with Gasteiger partial charge in [-0.2, -0.15) is 0 Å². The number of hydrogen-bond donors (Lipinski definition) is 6. The summed E-state index contributed by atoms with van der Waals surface area (Å²) in [4.78, 5) is 34.3. The van der Waals surface area contributed by atoms with Crippen molar-refractivity contribution in [3.8, 4) is 5.88 Å². The Hall–Kier alpha value is -4.30. The van der Waals surface area contributed by atoms with Crippen LogP contribution in [0.3, 0.4) is 0 Å². The van der Waals surface area contributed by atoms with Gasteiger partial charge < -0.3 is 30.9 Å². The van der Waals surface area contributed by atoms with Crippen LogP contribution in [0.25, 0.3) is 0 Å². The number of nitrogens with two attached hydrogens (primary N) is 1. The first-order chi connectivity index (χ1) is 16.7. The first-order valence-corrected chi connectivity index (χ1v) is 10.2. The molecule has 2 amide bonds. The van der Waals surface area contributed by atoms with E-state index in [1.54, 1.807) is 18.3 Å². The van der Waals surface area contributed by atoms with Crippen LogP contribution in [0, 0.1) is 10.8 Å². The Morgan fingerprint density at radius 2 is 2.17 bits per heavy atom. The molecule has 2 atom stereocenters. The molecular formula is C21H23BN8O5. The first kappa shape index (κ1) is 25.3. The molecule has 1 aliphatic rings. The van der Waals surface area contributed by atoms with E-state index >= 15 is 0 Å². The van der Waals surface area contributed by atoms with Crippen molar-refractivity contribution >= 4 is 48.2 Å². The van der Waals surface area contributed by atoms with E-state index in [4.69, 9.17) is 33.9 Å². The van der Waals surface area contributed by atoms with Gasteiger partial charge in [-0.1, -0.05) is 5.46 Å². The Bertz CT molecular complexity index is 1170. The molecule has 7 N–H and O–H groups in total. The van der Waals surface area contributed by atoms with Gasteiger partial charge in [-0.25, -0.2) is 4.98 Å². The topological polar surface area (TPSA) is 200 Å². The lowest BCUT2D eigenvalue weighted by molar-refractivity contribution is -0.161. The molecule has 13 nitrogen and oxygen atoms in total. The monoisotopic (exact) mass is 478 g/mol. The van der Waals surface area contributed by atoms with Crippen molar-refractivity contribution in [2.45, 2.75) is 12.2 Å². The Morgan fingerprint density at radius 3 is 2.86 bits per heavy atom. The molecule has 2 aromatic heterocycles. The largest absolute Gasteiger partial charge is 0.481 e.